The molecule has 0 amide bonds. The molecule has 0 unspecified atom stereocenters. The fraction of sp³-hybridized carbons (Fsp3) is 0.308. The Morgan fingerprint density at radius 2 is 2.06 bits per heavy atom. The minimum Gasteiger partial charge on any atom is -0.310 e. The Morgan fingerprint density at radius 3 is 2.67 bits per heavy atom. The maximum atomic E-state index is 13.4. The Hall–Kier alpha value is -1.39. The van der Waals surface area contributed by atoms with Gasteiger partial charge < -0.3 is 9.88 Å². The highest BCUT2D eigenvalue weighted by molar-refractivity contribution is 6.30. The molecule has 0 saturated heterocycles. The summed E-state index contributed by atoms with van der Waals surface area (Å²) >= 11 is 5.88. The second-order valence-corrected chi connectivity index (χ2v) is 5.09. The van der Waals surface area contributed by atoms with Crippen LogP contribution >= 0.6 is 11.6 Å². The van der Waals surface area contributed by atoms with Gasteiger partial charge in [0.05, 0.1) is 29.4 Å². The third kappa shape index (κ3) is 2.40. The van der Waals surface area contributed by atoms with Gasteiger partial charge in [-0.05, 0) is 39.1 Å². The van der Waals surface area contributed by atoms with E-state index in [1.54, 1.807) is 18.6 Å². The molecule has 1 aromatic heterocycles. The van der Waals surface area contributed by atoms with E-state index in [9.17, 15) is 4.39 Å². The van der Waals surface area contributed by atoms with Gasteiger partial charge in [0.25, 0.3) is 0 Å². The summed E-state index contributed by atoms with van der Waals surface area (Å²) < 4.78 is 15.2. The van der Waals surface area contributed by atoms with E-state index < -0.39 is 0 Å². The summed E-state index contributed by atoms with van der Waals surface area (Å²) in [5.74, 6) is -0.362. The first-order chi connectivity index (χ1) is 8.44. The smallest absolute Gasteiger partial charge is 0.126 e. The van der Waals surface area contributed by atoms with Gasteiger partial charge in [0.15, 0.2) is 0 Å². The molecule has 2 aromatic rings. The van der Waals surface area contributed by atoms with Crippen LogP contribution in [0.1, 0.15) is 19.5 Å². The predicted molar refractivity (Wildman–Crippen MR) is 70.6 cm³/mol. The molecule has 0 spiro atoms. The van der Waals surface area contributed by atoms with E-state index >= 15 is 0 Å². The van der Waals surface area contributed by atoms with E-state index in [0.717, 1.165) is 5.69 Å². The Balaban J connectivity index is 2.55. The molecule has 18 heavy (non-hydrogen) atoms. The monoisotopic (exact) mass is 267 g/mol. The summed E-state index contributed by atoms with van der Waals surface area (Å²) in [6, 6.07) is 4.43. The fourth-order valence-electron chi connectivity index (χ4n) is 1.77. The number of rotatable bonds is 3. The quantitative estimate of drug-likeness (QED) is 0.926. The van der Waals surface area contributed by atoms with Gasteiger partial charge in [-0.3, -0.25) is 0 Å². The van der Waals surface area contributed by atoms with Crippen molar-refractivity contribution in [2.75, 3.05) is 7.05 Å². The zero-order chi connectivity index (χ0) is 13.3. The van der Waals surface area contributed by atoms with Crippen molar-refractivity contribution in [3.8, 4) is 5.69 Å². The van der Waals surface area contributed by atoms with Crippen LogP contribution in [0.25, 0.3) is 5.69 Å². The first-order valence-corrected chi connectivity index (χ1v) is 6.00. The highest BCUT2D eigenvalue weighted by Gasteiger charge is 2.23. The lowest BCUT2D eigenvalue weighted by molar-refractivity contribution is 0.424. The zero-order valence-corrected chi connectivity index (χ0v) is 11.3. The molecule has 3 nitrogen and oxygen atoms in total. The maximum absolute atomic E-state index is 13.4. The third-order valence-electron chi connectivity index (χ3n) is 3.03. The van der Waals surface area contributed by atoms with E-state index in [4.69, 9.17) is 11.6 Å². The normalized spacial score (nSPS) is 11.8. The van der Waals surface area contributed by atoms with Gasteiger partial charge >= 0.3 is 0 Å². The molecule has 1 N–H and O–H groups in total. The first-order valence-electron chi connectivity index (χ1n) is 5.62. The summed E-state index contributed by atoms with van der Waals surface area (Å²) in [5, 5.41) is 3.56. The van der Waals surface area contributed by atoms with Crippen LogP contribution in [0, 0.1) is 5.82 Å². The average molecular weight is 268 g/mol. The lowest BCUT2D eigenvalue weighted by Crippen LogP contribution is -2.35. The fourth-order valence-corrected chi connectivity index (χ4v) is 1.99. The lowest BCUT2D eigenvalue weighted by atomic mass is 10.0. The number of imidazole rings is 1. The highest BCUT2D eigenvalue weighted by atomic mass is 35.5. The summed E-state index contributed by atoms with van der Waals surface area (Å²) in [6.07, 6.45) is 3.41. The first kappa shape index (κ1) is 13.1. The van der Waals surface area contributed by atoms with Crippen LogP contribution in [0.15, 0.2) is 30.7 Å². The molecule has 0 aliphatic heterocycles. The molecule has 0 bridgehead atoms. The van der Waals surface area contributed by atoms with Crippen molar-refractivity contribution in [3.05, 3.63) is 47.3 Å². The SMILES string of the molecule is CNC(C)(C)c1cncn1-c1cc(F)cc(Cl)c1. The standard InChI is InChI=1S/C13H15ClFN3/c1-13(2,16-3)12-7-17-8-18(12)11-5-9(14)4-10(15)6-11/h4-8,16H,1-3H3. The van der Waals surface area contributed by atoms with Crippen molar-refractivity contribution in [2.24, 2.45) is 0 Å². The number of hydrogen-bond donors (Lipinski definition) is 1. The largest absolute Gasteiger partial charge is 0.310 e. The number of benzene rings is 1. The van der Waals surface area contributed by atoms with Crippen molar-refractivity contribution >= 4 is 11.6 Å². The van der Waals surface area contributed by atoms with Gasteiger partial charge in [-0.15, -0.1) is 0 Å². The molecule has 1 aromatic carbocycles. The minimum atomic E-state index is -0.362. The van der Waals surface area contributed by atoms with Gasteiger partial charge in [-0.1, -0.05) is 11.6 Å². The second-order valence-electron chi connectivity index (χ2n) is 4.65. The van der Waals surface area contributed by atoms with Crippen LogP contribution in [0.4, 0.5) is 4.39 Å². The van der Waals surface area contributed by atoms with Gasteiger partial charge in [-0.2, -0.15) is 0 Å². The van der Waals surface area contributed by atoms with Gasteiger partial charge in [0.1, 0.15) is 5.82 Å². The molecule has 0 saturated carbocycles. The molecule has 5 heteroatoms. The molecular weight excluding hydrogens is 253 g/mol. The Labute approximate surface area is 111 Å². The van der Waals surface area contributed by atoms with Crippen molar-refractivity contribution < 1.29 is 4.39 Å². The summed E-state index contributed by atoms with van der Waals surface area (Å²) in [6.45, 7) is 4.06. The molecule has 0 atom stereocenters. The van der Waals surface area contributed by atoms with Gasteiger partial charge in [-0.25, -0.2) is 9.37 Å². The number of halogens is 2. The number of aromatic nitrogens is 2. The third-order valence-corrected chi connectivity index (χ3v) is 3.25. The predicted octanol–water partition coefficient (Wildman–Crippen LogP) is 3.12. The van der Waals surface area contributed by atoms with E-state index in [0.29, 0.717) is 10.7 Å². The van der Waals surface area contributed by atoms with Crippen molar-refractivity contribution in [2.45, 2.75) is 19.4 Å². The number of hydrogen-bond acceptors (Lipinski definition) is 2. The molecule has 1 heterocycles. The van der Waals surface area contributed by atoms with Crippen LogP contribution in [0.5, 0.6) is 0 Å². The van der Waals surface area contributed by atoms with Gasteiger partial charge in [0, 0.05) is 5.02 Å². The molecule has 0 fully saturated rings. The van der Waals surface area contributed by atoms with Gasteiger partial charge in [0.2, 0.25) is 0 Å². The zero-order valence-electron chi connectivity index (χ0n) is 10.5. The topological polar surface area (TPSA) is 29.9 Å². The Bertz CT molecular complexity index is 543. The van der Waals surface area contributed by atoms with Crippen LogP contribution < -0.4 is 5.32 Å². The van der Waals surface area contributed by atoms with E-state index in [1.165, 1.54) is 12.1 Å². The molecule has 0 radical (unpaired) electrons. The minimum absolute atomic E-state index is 0.269. The molecule has 96 valence electrons. The average Bonchev–Trinajstić information content (AvgIpc) is 2.77. The molecule has 2 rings (SSSR count). The van der Waals surface area contributed by atoms with Crippen LogP contribution in [0.3, 0.4) is 0 Å². The lowest BCUT2D eigenvalue weighted by Gasteiger charge is -2.25. The van der Waals surface area contributed by atoms with Crippen LogP contribution in [-0.4, -0.2) is 16.6 Å². The highest BCUT2D eigenvalue weighted by Crippen LogP contribution is 2.24. The molecule has 0 aliphatic carbocycles. The number of nitrogens with zero attached hydrogens (tertiary/aromatic N) is 2. The number of nitrogens with one attached hydrogen (secondary N) is 1. The summed E-state index contributed by atoms with van der Waals surface area (Å²) in [7, 11) is 1.87. The summed E-state index contributed by atoms with van der Waals surface area (Å²) in [5.41, 5.74) is 1.33. The van der Waals surface area contributed by atoms with Crippen molar-refractivity contribution in [1.29, 1.82) is 0 Å². The molecular formula is C13H15ClFN3. The summed E-state index contributed by atoms with van der Waals surface area (Å²) in [4.78, 5) is 4.13. The maximum Gasteiger partial charge on any atom is 0.126 e. The Morgan fingerprint density at radius 1 is 1.33 bits per heavy atom. The molecule has 0 aliphatic rings. The second kappa shape index (κ2) is 4.71. The van der Waals surface area contributed by atoms with Crippen LogP contribution in [-0.2, 0) is 5.54 Å². The van der Waals surface area contributed by atoms with E-state index in [1.807, 2.05) is 25.5 Å². The Kier molecular flexibility index (Phi) is 3.41. The van der Waals surface area contributed by atoms with Crippen molar-refractivity contribution in [3.63, 3.8) is 0 Å². The van der Waals surface area contributed by atoms with E-state index in [2.05, 4.69) is 10.3 Å². The van der Waals surface area contributed by atoms with Crippen LogP contribution in [0.2, 0.25) is 5.02 Å². The van der Waals surface area contributed by atoms with Crippen molar-refractivity contribution in [1.82, 2.24) is 14.9 Å². The van der Waals surface area contributed by atoms with E-state index in [-0.39, 0.29) is 11.4 Å².